The molecule has 0 radical (unpaired) electrons. The molecule has 0 saturated heterocycles. The van der Waals surface area contributed by atoms with Gasteiger partial charge in [0.2, 0.25) is 0 Å². The molecule has 2 rings (SSSR count). The van der Waals surface area contributed by atoms with Gasteiger partial charge in [0, 0.05) is 16.2 Å². The van der Waals surface area contributed by atoms with Crippen LogP contribution in [-0.4, -0.2) is 29.1 Å². The highest BCUT2D eigenvalue weighted by molar-refractivity contribution is 9.10. The van der Waals surface area contributed by atoms with Gasteiger partial charge >= 0.3 is 5.97 Å². The average Bonchev–Trinajstić information content (AvgIpc) is 2.63. The Kier molecular flexibility index (Phi) is 3.85. The van der Waals surface area contributed by atoms with Crippen molar-refractivity contribution in [2.24, 2.45) is 0 Å². The van der Waals surface area contributed by atoms with Crippen LogP contribution < -0.4 is 4.90 Å². The lowest BCUT2D eigenvalue weighted by atomic mass is 10.0. The first-order valence-corrected chi connectivity index (χ1v) is 6.88. The number of nitrogens with zero attached hydrogens (tertiary/aromatic N) is 1. The smallest absolute Gasteiger partial charge is 0.336 e. The summed E-state index contributed by atoms with van der Waals surface area (Å²) in [7, 11) is 0. The zero-order chi connectivity index (χ0) is 14.9. The van der Waals surface area contributed by atoms with Crippen LogP contribution in [0.25, 0.3) is 0 Å². The number of esters is 1. The van der Waals surface area contributed by atoms with E-state index in [1.807, 2.05) is 0 Å². The summed E-state index contributed by atoms with van der Waals surface area (Å²) in [6.07, 6.45) is 1.22. The number of rotatable bonds is 3. The molecule has 6 heteroatoms. The standard InChI is InChI=1S/C14H14BrNO4/c1-3-20-13(19)14(2)8-11(17)12(18)16(14)10-6-4-9(15)5-7-10/h4-8,17H,3H2,1-2H3/t14-/m0/s1. The van der Waals surface area contributed by atoms with Crippen molar-refractivity contribution in [3.63, 3.8) is 0 Å². The van der Waals surface area contributed by atoms with Gasteiger partial charge in [-0.2, -0.15) is 0 Å². The second-order valence-electron chi connectivity index (χ2n) is 4.51. The van der Waals surface area contributed by atoms with Crippen molar-refractivity contribution in [2.45, 2.75) is 19.4 Å². The lowest BCUT2D eigenvalue weighted by Gasteiger charge is -2.31. The largest absolute Gasteiger partial charge is 0.503 e. The summed E-state index contributed by atoms with van der Waals surface area (Å²) in [6.45, 7) is 3.42. The third kappa shape index (κ3) is 2.31. The van der Waals surface area contributed by atoms with Gasteiger partial charge in [0.25, 0.3) is 5.91 Å². The van der Waals surface area contributed by atoms with Gasteiger partial charge in [-0.1, -0.05) is 15.9 Å². The molecule has 0 fully saturated rings. The van der Waals surface area contributed by atoms with Crippen molar-refractivity contribution in [3.8, 4) is 0 Å². The third-order valence-electron chi connectivity index (χ3n) is 3.08. The minimum atomic E-state index is -1.34. The molecule has 1 aliphatic rings. The number of halogens is 1. The number of anilines is 1. The van der Waals surface area contributed by atoms with Gasteiger partial charge in [-0.25, -0.2) is 4.79 Å². The van der Waals surface area contributed by atoms with E-state index in [1.54, 1.807) is 31.2 Å². The van der Waals surface area contributed by atoms with Crippen LogP contribution in [0.4, 0.5) is 5.69 Å². The number of hydrogen-bond donors (Lipinski definition) is 1. The van der Waals surface area contributed by atoms with E-state index >= 15 is 0 Å². The third-order valence-corrected chi connectivity index (χ3v) is 3.61. The molecular weight excluding hydrogens is 326 g/mol. The molecule has 0 unspecified atom stereocenters. The zero-order valence-electron chi connectivity index (χ0n) is 11.1. The number of carbonyl (C=O) groups excluding carboxylic acids is 2. The van der Waals surface area contributed by atoms with Crippen LogP contribution in [0.2, 0.25) is 0 Å². The maximum absolute atomic E-state index is 12.1. The number of carbonyl (C=O) groups is 2. The summed E-state index contributed by atoms with van der Waals surface area (Å²) in [5, 5.41) is 9.69. The average molecular weight is 340 g/mol. The van der Waals surface area contributed by atoms with Crippen LogP contribution in [0.3, 0.4) is 0 Å². The summed E-state index contributed by atoms with van der Waals surface area (Å²) in [5.74, 6) is -1.66. The van der Waals surface area contributed by atoms with E-state index in [0.717, 1.165) is 4.47 Å². The molecule has 20 heavy (non-hydrogen) atoms. The summed E-state index contributed by atoms with van der Waals surface area (Å²) in [4.78, 5) is 25.5. The van der Waals surface area contributed by atoms with Gasteiger partial charge < -0.3 is 9.84 Å². The minimum absolute atomic E-state index is 0.200. The van der Waals surface area contributed by atoms with Crippen LogP contribution in [-0.2, 0) is 14.3 Å². The highest BCUT2D eigenvalue weighted by Gasteiger charge is 2.49. The molecular formula is C14H14BrNO4. The Balaban J connectivity index is 2.46. The monoisotopic (exact) mass is 339 g/mol. The lowest BCUT2D eigenvalue weighted by molar-refractivity contribution is -0.147. The fourth-order valence-electron chi connectivity index (χ4n) is 2.12. The van der Waals surface area contributed by atoms with E-state index in [9.17, 15) is 14.7 Å². The Bertz CT molecular complexity index is 581. The fraction of sp³-hybridized carbons (Fsp3) is 0.286. The highest BCUT2D eigenvalue weighted by atomic mass is 79.9. The maximum atomic E-state index is 12.1. The Morgan fingerprint density at radius 3 is 2.55 bits per heavy atom. The summed E-state index contributed by atoms with van der Waals surface area (Å²) < 4.78 is 5.85. The van der Waals surface area contributed by atoms with E-state index in [0.29, 0.717) is 5.69 Å². The van der Waals surface area contributed by atoms with Crippen LogP contribution >= 0.6 is 15.9 Å². The summed E-state index contributed by atoms with van der Waals surface area (Å²) >= 11 is 3.31. The van der Waals surface area contributed by atoms with E-state index in [-0.39, 0.29) is 6.61 Å². The number of hydrogen-bond acceptors (Lipinski definition) is 4. The molecule has 106 valence electrons. The van der Waals surface area contributed by atoms with Gasteiger partial charge in [0.05, 0.1) is 6.61 Å². The second kappa shape index (κ2) is 5.28. The zero-order valence-corrected chi connectivity index (χ0v) is 12.7. The van der Waals surface area contributed by atoms with Crippen LogP contribution in [0.15, 0.2) is 40.6 Å². The molecule has 1 N–H and O–H groups in total. The van der Waals surface area contributed by atoms with Crippen LogP contribution in [0, 0.1) is 0 Å². The number of aliphatic hydroxyl groups is 1. The molecule has 5 nitrogen and oxygen atoms in total. The van der Waals surface area contributed by atoms with Gasteiger partial charge in [-0.15, -0.1) is 0 Å². The van der Waals surface area contributed by atoms with Crippen molar-refractivity contribution >= 4 is 33.5 Å². The highest BCUT2D eigenvalue weighted by Crippen LogP contribution is 2.34. The quantitative estimate of drug-likeness (QED) is 0.859. The Morgan fingerprint density at radius 1 is 1.40 bits per heavy atom. The van der Waals surface area contributed by atoms with Crippen LogP contribution in [0.1, 0.15) is 13.8 Å². The molecule has 1 heterocycles. The first-order valence-electron chi connectivity index (χ1n) is 6.09. The molecule has 0 spiro atoms. The minimum Gasteiger partial charge on any atom is -0.503 e. The van der Waals surface area contributed by atoms with Gasteiger partial charge in [-0.05, 0) is 38.1 Å². The molecule has 0 saturated carbocycles. The molecule has 0 aromatic heterocycles. The van der Waals surface area contributed by atoms with Crippen molar-refractivity contribution in [2.75, 3.05) is 11.5 Å². The molecule has 1 amide bonds. The Hall–Kier alpha value is -1.82. The SMILES string of the molecule is CCOC(=O)[C@]1(C)C=C(O)C(=O)N1c1ccc(Br)cc1. The molecule has 1 atom stereocenters. The predicted molar refractivity (Wildman–Crippen MR) is 77.4 cm³/mol. The molecule has 0 bridgehead atoms. The lowest BCUT2D eigenvalue weighted by Crippen LogP contribution is -2.51. The predicted octanol–water partition coefficient (Wildman–Crippen LogP) is 2.56. The molecule has 1 aromatic rings. The van der Waals surface area contributed by atoms with Crippen LogP contribution in [0.5, 0.6) is 0 Å². The van der Waals surface area contributed by atoms with Crippen molar-refractivity contribution in [3.05, 3.63) is 40.6 Å². The van der Waals surface area contributed by atoms with Gasteiger partial charge in [0.1, 0.15) is 0 Å². The number of aliphatic hydroxyl groups excluding tert-OH is 1. The van der Waals surface area contributed by atoms with E-state index < -0.39 is 23.2 Å². The van der Waals surface area contributed by atoms with Gasteiger partial charge in [0.15, 0.2) is 11.3 Å². The van der Waals surface area contributed by atoms with E-state index in [4.69, 9.17) is 4.74 Å². The second-order valence-corrected chi connectivity index (χ2v) is 5.43. The topological polar surface area (TPSA) is 66.8 Å². The normalized spacial score (nSPS) is 21.9. The Morgan fingerprint density at radius 2 is 2.00 bits per heavy atom. The Labute approximate surface area is 125 Å². The van der Waals surface area contributed by atoms with E-state index in [2.05, 4.69) is 15.9 Å². The molecule has 1 aromatic carbocycles. The van der Waals surface area contributed by atoms with Crippen molar-refractivity contribution < 1.29 is 19.4 Å². The number of ether oxygens (including phenoxy) is 1. The first-order chi connectivity index (χ1) is 9.40. The first kappa shape index (κ1) is 14.6. The van der Waals surface area contributed by atoms with Crippen molar-refractivity contribution in [1.29, 1.82) is 0 Å². The fourth-order valence-corrected chi connectivity index (χ4v) is 2.39. The number of benzene rings is 1. The van der Waals surface area contributed by atoms with Crippen molar-refractivity contribution in [1.82, 2.24) is 0 Å². The van der Waals surface area contributed by atoms with Gasteiger partial charge in [-0.3, -0.25) is 9.69 Å². The summed E-state index contributed by atoms with van der Waals surface area (Å²) in [6, 6.07) is 6.88. The van der Waals surface area contributed by atoms with E-state index in [1.165, 1.54) is 17.9 Å². The maximum Gasteiger partial charge on any atom is 0.336 e. The molecule has 0 aliphatic carbocycles. The number of amides is 1. The summed E-state index contributed by atoms with van der Waals surface area (Å²) in [5.41, 5.74) is -0.834. The molecule has 1 aliphatic heterocycles.